The lowest BCUT2D eigenvalue weighted by Gasteiger charge is -2.57. The maximum atomic E-state index is 13.7. The van der Waals surface area contributed by atoms with E-state index in [-0.39, 0.29) is 10.8 Å². The van der Waals surface area contributed by atoms with Crippen LogP contribution in [0.25, 0.3) is 0 Å². The Bertz CT molecular complexity index is 786. The lowest BCUT2D eigenvalue weighted by molar-refractivity contribution is -0.491. The first-order valence-electron chi connectivity index (χ1n) is 12.6. The number of ketones is 1. The maximum Gasteiger partial charge on any atom is 0.220 e. The highest BCUT2D eigenvalue weighted by atomic mass is 16.3. The molecular formula is C26H38NO2+. The molecule has 5 saturated carbocycles. The molecule has 1 aliphatic heterocycles. The molecule has 1 heterocycles. The number of Topliss-reactive ketones (excluding diaryl/α,β-unsaturated/α-hetero) is 1. The molecule has 0 aromatic heterocycles. The minimum absolute atomic E-state index is 0.234. The van der Waals surface area contributed by atoms with Gasteiger partial charge in [-0.3, -0.25) is 4.79 Å². The Morgan fingerprint density at radius 2 is 1.86 bits per heavy atom. The Kier molecular flexibility index (Phi) is 4.05. The van der Waals surface area contributed by atoms with E-state index in [1.165, 1.54) is 61.7 Å². The van der Waals surface area contributed by atoms with Crippen molar-refractivity contribution in [1.29, 1.82) is 0 Å². The van der Waals surface area contributed by atoms with Crippen molar-refractivity contribution in [3.8, 4) is 0 Å². The lowest BCUT2D eigenvalue weighted by atomic mass is 9.47. The van der Waals surface area contributed by atoms with Crippen molar-refractivity contribution in [2.45, 2.75) is 84.5 Å². The average molecular weight is 397 g/mol. The second kappa shape index (κ2) is 6.26. The maximum absolute atomic E-state index is 13.7. The summed E-state index contributed by atoms with van der Waals surface area (Å²) >= 11 is 0. The van der Waals surface area contributed by atoms with Gasteiger partial charge in [0.2, 0.25) is 6.20 Å². The molecule has 3 nitrogen and oxygen atoms in total. The summed E-state index contributed by atoms with van der Waals surface area (Å²) in [6.07, 6.45) is 15.5. The summed E-state index contributed by atoms with van der Waals surface area (Å²) in [7, 11) is 0. The van der Waals surface area contributed by atoms with Crippen LogP contribution in [0.5, 0.6) is 0 Å². The smallest absolute Gasteiger partial charge is 0.220 e. The number of carbonyl (C=O) groups excluding carboxylic acids is 1. The summed E-state index contributed by atoms with van der Waals surface area (Å²) < 4.78 is 1.17. The number of allylic oxidation sites excluding steroid dienone is 1. The molecule has 5 aliphatic carbocycles. The van der Waals surface area contributed by atoms with Gasteiger partial charge in [0.05, 0.1) is 0 Å². The van der Waals surface area contributed by atoms with Crippen LogP contribution in [0.4, 0.5) is 0 Å². The van der Waals surface area contributed by atoms with Crippen LogP contribution >= 0.6 is 0 Å². The van der Waals surface area contributed by atoms with E-state index in [1.54, 1.807) is 0 Å². The van der Waals surface area contributed by atoms with E-state index in [0.29, 0.717) is 24.2 Å². The Hall–Kier alpha value is -0.990. The topological polar surface area (TPSA) is 37.1 Å². The molecular weight excluding hydrogens is 358 g/mol. The first-order valence-corrected chi connectivity index (χ1v) is 12.6. The minimum Gasteiger partial charge on any atom is -0.299 e. The second-order valence-electron chi connectivity index (χ2n) is 12.2. The fourth-order valence-electron chi connectivity index (χ4n) is 9.78. The molecule has 9 atom stereocenters. The highest BCUT2D eigenvalue weighted by Crippen LogP contribution is 2.67. The molecule has 0 spiro atoms. The van der Waals surface area contributed by atoms with E-state index in [2.05, 4.69) is 13.8 Å². The van der Waals surface area contributed by atoms with Gasteiger partial charge in [-0.15, -0.1) is 0 Å². The summed E-state index contributed by atoms with van der Waals surface area (Å²) in [5.41, 5.74) is 1.91. The van der Waals surface area contributed by atoms with Gasteiger partial charge in [0.1, 0.15) is 5.78 Å². The monoisotopic (exact) mass is 396 g/mol. The first kappa shape index (κ1) is 18.8. The highest BCUT2D eigenvalue weighted by molar-refractivity contribution is 5.85. The quantitative estimate of drug-likeness (QED) is 0.544. The van der Waals surface area contributed by atoms with Gasteiger partial charge in [0, 0.05) is 38.9 Å². The van der Waals surface area contributed by atoms with Crippen LogP contribution in [-0.4, -0.2) is 17.1 Å². The molecule has 0 aromatic rings. The standard InChI is InChI=1S/C26H38NO2/c1-25-11-12-27(29)15-18(25)5-6-19-21-7-8-23(26(21,2)10-9-22(19)25)24(28)20-14-16-3-4-17(20)13-16/h15-17,19-23H,3-14H2,1-2H3/q+1/t16?,17?,19-,20?,21-,22-,23+,25-,26-/m0/s1. The van der Waals surface area contributed by atoms with Crippen molar-refractivity contribution < 1.29 is 9.55 Å². The fourth-order valence-corrected chi connectivity index (χ4v) is 9.78. The first-order chi connectivity index (χ1) is 13.9. The van der Waals surface area contributed by atoms with Gasteiger partial charge in [-0.1, -0.05) is 20.3 Å². The van der Waals surface area contributed by atoms with Crippen molar-refractivity contribution >= 4 is 5.78 Å². The number of hydrogen-bond acceptors (Lipinski definition) is 2. The van der Waals surface area contributed by atoms with Gasteiger partial charge in [-0.2, -0.15) is 0 Å². The molecule has 0 saturated heterocycles. The number of nitrogens with zero attached hydrogens (tertiary/aromatic N) is 1. The van der Waals surface area contributed by atoms with Gasteiger partial charge in [0.25, 0.3) is 0 Å². The molecule has 2 bridgehead atoms. The molecule has 6 rings (SSSR count). The van der Waals surface area contributed by atoms with E-state index in [9.17, 15) is 9.70 Å². The Labute approximate surface area is 175 Å². The third-order valence-corrected chi connectivity index (χ3v) is 11.3. The zero-order valence-electron chi connectivity index (χ0n) is 18.4. The predicted octanol–water partition coefficient (Wildman–Crippen LogP) is 5.92. The summed E-state index contributed by atoms with van der Waals surface area (Å²) in [6.45, 7) is 5.62. The highest BCUT2D eigenvalue weighted by Gasteiger charge is 2.61. The van der Waals surface area contributed by atoms with Crippen LogP contribution in [0.2, 0.25) is 0 Å². The number of carbonyl (C=O) groups is 1. The van der Waals surface area contributed by atoms with Crippen molar-refractivity contribution in [2.75, 3.05) is 6.54 Å². The summed E-state index contributed by atoms with van der Waals surface area (Å²) in [5, 5.41) is 0. The number of fused-ring (bicyclic) bond motifs is 7. The molecule has 6 aliphatic rings. The molecule has 29 heavy (non-hydrogen) atoms. The second-order valence-corrected chi connectivity index (χ2v) is 12.2. The molecule has 0 aromatic carbocycles. The van der Waals surface area contributed by atoms with Crippen LogP contribution < -0.4 is 0 Å². The summed E-state index contributed by atoms with van der Waals surface area (Å²) in [6, 6.07) is 0. The number of rotatable bonds is 2. The fraction of sp³-hybridized carbons (Fsp3) is 0.885. The number of nitroso groups, excluding NO2 is 1. The van der Waals surface area contributed by atoms with E-state index in [0.717, 1.165) is 48.9 Å². The van der Waals surface area contributed by atoms with Crippen LogP contribution in [-0.2, 0) is 4.79 Å². The molecule has 5 fully saturated rings. The predicted molar refractivity (Wildman–Crippen MR) is 113 cm³/mol. The van der Waals surface area contributed by atoms with Gasteiger partial charge >= 0.3 is 0 Å². The molecule has 3 unspecified atom stereocenters. The summed E-state index contributed by atoms with van der Waals surface area (Å²) in [5.74, 6) is 5.26. The SMILES string of the molecule is C[C@]12CC[C@H]3[C@@H](CCC4=C[N+](=O)CC[C@@]43C)[C@@H]1CC[C@@H]2C(=O)C1CC2CCC1C2. The van der Waals surface area contributed by atoms with Crippen molar-refractivity contribution in [2.24, 2.45) is 52.3 Å². The number of hydrogen-bond donors (Lipinski definition) is 0. The van der Waals surface area contributed by atoms with Crippen LogP contribution in [0.15, 0.2) is 11.8 Å². The van der Waals surface area contributed by atoms with Gasteiger partial charge < -0.3 is 0 Å². The molecule has 158 valence electrons. The van der Waals surface area contributed by atoms with E-state index in [4.69, 9.17) is 0 Å². The molecule has 0 N–H and O–H groups in total. The summed E-state index contributed by atoms with van der Waals surface area (Å²) in [4.78, 5) is 25.7. The van der Waals surface area contributed by atoms with Crippen LogP contribution in [0.3, 0.4) is 0 Å². The Balaban J connectivity index is 1.26. The molecule has 0 amide bonds. The Morgan fingerprint density at radius 3 is 2.62 bits per heavy atom. The molecule has 3 heteroatoms. The molecule has 0 radical (unpaired) electrons. The van der Waals surface area contributed by atoms with Gasteiger partial charge in [-0.25, -0.2) is 0 Å². The van der Waals surface area contributed by atoms with E-state index >= 15 is 0 Å². The zero-order chi connectivity index (χ0) is 20.0. The minimum atomic E-state index is 0.234. The average Bonchev–Trinajstić information content (AvgIpc) is 3.41. The Morgan fingerprint density at radius 1 is 1.00 bits per heavy atom. The van der Waals surface area contributed by atoms with Gasteiger partial charge in [0.15, 0.2) is 6.54 Å². The van der Waals surface area contributed by atoms with E-state index < -0.39 is 0 Å². The zero-order valence-corrected chi connectivity index (χ0v) is 18.4. The van der Waals surface area contributed by atoms with E-state index in [1.807, 2.05) is 6.20 Å². The third-order valence-electron chi connectivity index (χ3n) is 11.3. The van der Waals surface area contributed by atoms with Crippen LogP contribution in [0, 0.1) is 57.2 Å². The largest absolute Gasteiger partial charge is 0.299 e. The lowest BCUT2D eigenvalue weighted by Crippen LogP contribution is -2.52. The normalized spacial score (nSPS) is 53.2. The van der Waals surface area contributed by atoms with Crippen molar-refractivity contribution in [3.05, 3.63) is 16.7 Å². The van der Waals surface area contributed by atoms with Crippen LogP contribution in [0.1, 0.15) is 84.5 Å². The van der Waals surface area contributed by atoms with Gasteiger partial charge in [-0.05, 0) is 92.8 Å². The van der Waals surface area contributed by atoms with Crippen molar-refractivity contribution in [3.63, 3.8) is 0 Å². The van der Waals surface area contributed by atoms with Crippen molar-refractivity contribution in [1.82, 2.24) is 0 Å². The third kappa shape index (κ3) is 2.51.